The van der Waals surface area contributed by atoms with Gasteiger partial charge in [-0.05, 0) is 35.8 Å². The van der Waals surface area contributed by atoms with Crippen molar-refractivity contribution >= 4 is 29.1 Å². The first-order valence-electron chi connectivity index (χ1n) is 9.85. The summed E-state index contributed by atoms with van der Waals surface area (Å²) in [7, 11) is 0. The van der Waals surface area contributed by atoms with Gasteiger partial charge < -0.3 is 15.0 Å². The Morgan fingerprint density at radius 1 is 1.14 bits per heavy atom. The zero-order valence-corrected chi connectivity index (χ0v) is 17.3. The molecule has 1 atom stereocenters. The van der Waals surface area contributed by atoms with Crippen LogP contribution in [0.2, 0.25) is 0 Å². The van der Waals surface area contributed by atoms with Gasteiger partial charge >= 0.3 is 5.97 Å². The molecule has 1 aliphatic rings. The van der Waals surface area contributed by atoms with Gasteiger partial charge in [-0.3, -0.25) is 9.59 Å². The summed E-state index contributed by atoms with van der Waals surface area (Å²) >= 11 is 1.30. The summed E-state index contributed by atoms with van der Waals surface area (Å²) in [6.07, 6.45) is 2.23. The van der Waals surface area contributed by atoms with E-state index in [-0.39, 0.29) is 18.4 Å². The number of esters is 1. The number of ether oxygens (including phenoxy) is 1. The summed E-state index contributed by atoms with van der Waals surface area (Å²) in [5.41, 5.74) is 0.900. The van der Waals surface area contributed by atoms with Crippen molar-refractivity contribution in [2.24, 2.45) is 5.92 Å². The normalized spacial score (nSPS) is 15.6. The highest BCUT2D eigenvalue weighted by atomic mass is 32.1. The average Bonchev–Trinajstić information content (AvgIpc) is 3.27. The van der Waals surface area contributed by atoms with Gasteiger partial charge in [0.15, 0.2) is 6.61 Å². The van der Waals surface area contributed by atoms with E-state index in [1.165, 1.54) is 11.3 Å². The van der Waals surface area contributed by atoms with Crippen LogP contribution >= 0.6 is 11.3 Å². The summed E-state index contributed by atoms with van der Waals surface area (Å²) in [5, 5.41) is 4.55. The zero-order valence-electron chi connectivity index (χ0n) is 16.5. The molecule has 1 aromatic heterocycles. The number of hydrogen-bond donors (Lipinski definition) is 1. The average molecular weight is 415 g/mol. The lowest BCUT2D eigenvalue weighted by Gasteiger charge is -2.30. The molecular weight excluding hydrogens is 388 g/mol. The largest absolute Gasteiger partial charge is 0.454 e. The second-order valence-electron chi connectivity index (χ2n) is 7.36. The van der Waals surface area contributed by atoms with Crippen LogP contribution in [0.25, 0.3) is 0 Å². The molecule has 2 heterocycles. The lowest BCUT2D eigenvalue weighted by Crippen LogP contribution is -2.45. The first kappa shape index (κ1) is 21.0. The molecule has 1 aromatic carbocycles. The van der Waals surface area contributed by atoms with Gasteiger partial charge in [0, 0.05) is 19.5 Å². The van der Waals surface area contributed by atoms with Crippen molar-refractivity contribution in [3.8, 4) is 0 Å². The lowest BCUT2D eigenvalue weighted by atomic mass is 9.99. The molecule has 0 radical (unpaired) electrons. The van der Waals surface area contributed by atoms with Gasteiger partial charge in [-0.15, -0.1) is 11.3 Å². The Labute approximate surface area is 174 Å². The smallest absolute Gasteiger partial charge is 0.329 e. The van der Waals surface area contributed by atoms with Gasteiger partial charge in [0.1, 0.15) is 6.04 Å². The molecule has 0 unspecified atom stereocenters. The summed E-state index contributed by atoms with van der Waals surface area (Å²) < 4.78 is 5.30. The Kier molecular flexibility index (Phi) is 7.41. The van der Waals surface area contributed by atoms with Gasteiger partial charge in [-0.2, -0.15) is 0 Å². The van der Waals surface area contributed by atoms with Gasteiger partial charge in [0.05, 0.1) is 4.88 Å². The third-order valence-corrected chi connectivity index (χ3v) is 5.96. The Balaban J connectivity index is 1.60. The number of likely N-dealkylation sites (tertiary alicyclic amines) is 1. The topological polar surface area (TPSA) is 75.7 Å². The molecule has 1 aliphatic heterocycles. The van der Waals surface area contributed by atoms with E-state index in [9.17, 15) is 14.4 Å². The number of thiophene rings is 1. The molecule has 0 aliphatic carbocycles. The minimum Gasteiger partial charge on any atom is -0.454 e. The van der Waals surface area contributed by atoms with Crippen molar-refractivity contribution in [1.29, 1.82) is 0 Å². The van der Waals surface area contributed by atoms with E-state index >= 15 is 0 Å². The molecule has 1 saturated heterocycles. The van der Waals surface area contributed by atoms with E-state index in [1.807, 2.05) is 30.3 Å². The van der Waals surface area contributed by atoms with Gasteiger partial charge in [0.2, 0.25) is 0 Å². The van der Waals surface area contributed by atoms with E-state index < -0.39 is 12.0 Å². The Morgan fingerprint density at radius 2 is 1.86 bits per heavy atom. The summed E-state index contributed by atoms with van der Waals surface area (Å²) in [4.78, 5) is 39.8. The SMILES string of the molecule is CC1CCN(C(=O)COC(=O)[C@@H](Cc2ccccc2)NC(=O)c2cccs2)CC1. The van der Waals surface area contributed by atoms with Gasteiger partial charge in [-0.25, -0.2) is 4.79 Å². The van der Waals surface area contributed by atoms with Gasteiger partial charge in [0.25, 0.3) is 11.8 Å². The van der Waals surface area contributed by atoms with Crippen molar-refractivity contribution in [1.82, 2.24) is 10.2 Å². The molecule has 29 heavy (non-hydrogen) atoms. The van der Waals surface area contributed by atoms with Crippen molar-refractivity contribution in [2.45, 2.75) is 32.2 Å². The van der Waals surface area contributed by atoms with Crippen LogP contribution in [-0.4, -0.2) is 48.4 Å². The van der Waals surface area contributed by atoms with Crippen LogP contribution in [-0.2, 0) is 20.7 Å². The molecular formula is C22H26N2O4S. The van der Waals surface area contributed by atoms with Crippen LogP contribution in [0.3, 0.4) is 0 Å². The van der Waals surface area contributed by atoms with E-state index in [0.717, 1.165) is 18.4 Å². The number of nitrogens with zero attached hydrogens (tertiary/aromatic N) is 1. The Morgan fingerprint density at radius 3 is 2.52 bits per heavy atom. The molecule has 1 fully saturated rings. The fourth-order valence-corrected chi connectivity index (χ4v) is 3.89. The van der Waals surface area contributed by atoms with E-state index in [4.69, 9.17) is 4.74 Å². The summed E-state index contributed by atoms with van der Waals surface area (Å²) in [6, 6.07) is 12.0. The molecule has 154 valence electrons. The molecule has 2 amide bonds. The van der Waals surface area contributed by atoms with Crippen molar-refractivity contribution in [3.05, 3.63) is 58.3 Å². The molecule has 0 saturated carbocycles. The van der Waals surface area contributed by atoms with Crippen LogP contribution in [0.15, 0.2) is 47.8 Å². The third kappa shape index (κ3) is 6.15. The van der Waals surface area contributed by atoms with Crippen LogP contribution < -0.4 is 5.32 Å². The van der Waals surface area contributed by atoms with Crippen LogP contribution in [0, 0.1) is 5.92 Å². The number of hydrogen-bond acceptors (Lipinski definition) is 5. The second kappa shape index (κ2) is 10.2. The Hall–Kier alpha value is -2.67. The van der Waals surface area contributed by atoms with Crippen LogP contribution in [0.5, 0.6) is 0 Å². The fraction of sp³-hybridized carbons (Fsp3) is 0.409. The third-order valence-electron chi connectivity index (χ3n) is 5.09. The Bertz CT molecular complexity index is 815. The summed E-state index contributed by atoms with van der Waals surface area (Å²) in [6.45, 7) is 3.26. The predicted molar refractivity (Wildman–Crippen MR) is 112 cm³/mol. The second-order valence-corrected chi connectivity index (χ2v) is 8.31. The number of benzene rings is 1. The maximum atomic E-state index is 12.7. The monoisotopic (exact) mass is 414 g/mol. The van der Waals surface area contributed by atoms with E-state index in [2.05, 4.69) is 12.2 Å². The maximum Gasteiger partial charge on any atom is 0.329 e. The van der Waals surface area contributed by atoms with Crippen LogP contribution in [0.1, 0.15) is 35.0 Å². The molecule has 3 rings (SSSR count). The highest BCUT2D eigenvalue weighted by Gasteiger charge is 2.26. The molecule has 6 nitrogen and oxygen atoms in total. The van der Waals surface area contributed by atoms with Gasteiger partial charge in [-0.1, -0.05) is 43.3 Å². The minimum absolute atomic E-state index is 0.187. The molecule has 0 bridgehead atoms. The number of amides is 2. The highest BCUT2D eigenvalue weighted by molar-refractivity contribution is 7.12. The lowest BCUT2D eigenvalue weighted by molar-refractivity contribution is -0.154. The quantitative estimate of drug-likeness (QED) is 0.707. The number of nitrogens with one attached hydrogen (secondary N) is 1. The molecule has 2 aromatic rings. The number of carbonyl (C=O) groups is 3. The molecule has 7 heteroatoms. The molecule has 0 spiro atoms. The molecule has 1 N–H and O–H groups in total. The predicted octanol–water partition coefficient (Wildman–Crippen LogP) is 2.89. The van der Waals surface area contributed by atoms with Crippen LogP contribution in [0.4, 0.5) is 0 Å². The zero-order chi connectivity index (χ0) is 20.6. The fourth-order valence-electron chi connectivity index (χ4n) is 3.26. The van der Waals surface area contributed by atoms with Crippen molar-refractivity contribution < 1.29 is 19.1 Å². The highest BCUT2D eigenvalue weighted by Crippen LogP contribution is 2.16. The van der Waals surface area contributed by atoms with E-state index in [0.29, 0.717) is 30.3 Å². The number of piperidine rings is 1. The standard InChI is InChI=1S/C22H26N2O4S/c1-16-9-11-24(12-10-16)20(25)15-28-22(27)18(14-17-6-3-2-4-7-17)23-21(26)19-8-5-13-29-19/h2-8,13,16,18H,9-12,14-15H2,1H3,(H,23,26)/t18-/m1/s1. The van der Waals surface area contributed by atoms with Crippen molar-refractivity contribution in [2.75, 3.05) is 19.7 Å². The maximum absolute atomic E-state index is 12.7. The minimum atomic E-state index is -0.860. The first-order valence-corrected chi connectivity index (χ1v) is 10.7. The first-order chi connectivity index (χ1) is 14.0. The summed E-state index contributed by atoms with van der Waals surface area (Å²) in [5.74, 6) is -0.496. The van der Waals surface area contributed by atoms with E-state index in [1.54, 1.807) is 22.4 Å². The van der Waals surface area contributed by atoms with Crippen molar-refractivity contribution in [3.63, 3.8) is 0 Å². The number of carbonyl (C=O) groups excluding carboxylic acids is 3. The number of rotatable bonds is 7.